The van der Waals surface area contributed by atoms with E-state index in [1.165, 1.54) is 56.1 Å². The summed E-state index contributed by atoms with van der Waals surface area (Å²) in [5.74, 6) is 0.487. The van der Waals surface area contributed by atoms with Gasteiger partial charge < -0.3 is 14.0 Å². The molecule has 0 bridgehead atoms. The van der Waals surface area contributed by atoms with Gasteiger partial charge in [-0.2, -0.15) is 0 Å². The molecule has 0 aliphatic carbocycles. The van der Waals surface area contributed by atoms with Crippen molar-refractivity contribution >= 4 is 5.97 Å². The first-order valence-electron chi connectivity index (χ1n) is 14.2. The summed E-state index contributed by atoms with van der Waals surface area (Å²) >= 11 is 0. The van der Waals surface area contributed by atoms with E-state index in [-0.39, 0.29) is 11.9 Å². The quantitative estimate of drug-likeness (QED) is 0.0909. The van der Waals surface area contributed by atoms with Crippen LogP contribution in [0.3, 0.4) is 0 Å². The van der Waals surface area contributed by atoms with Crippen LogP contribution in [-0.4, -0.2) is 37.4 Å². The highest BCUT2D eigenvalue weighted by Gasteiger charge is 2.29. The van der Waals surface area contributed by atoms with Gasteiger partial charge in [0.05, 0.1) is 20.6 Å². The van der Waals surface area contributed by atoms with Gasteiger partial charge >= 0.3 is 5.97 Å². The van der Waals surface area contributed by atoms with Gasteiger partial charge in [0.1, 0.15) is 18.2 Å². The molecule has 0 N–H and O–H groups in total. The predicted molar refractivity (Wildman–Crippen MR) is 150 cm³/mol. The number of ether oxygens (including phenoxy) is 2. The summed E-state index contributed by atoms with van der Waals surface area (Å²) in [4.78, 5) is 13.0. The zero-order chi connectivity index (χ0) is 26.2. The molecule has 0 fully saturated rings. The van der Waals surface area contributed by atoms with Crippen LogP contribution in [0.4, 0.5) is 0 Å². The second kappa shape index (κ2) is 16.4. The second-order valence-corrected chi connectivity index (χ2v) is 10.8. The number of aryl methyl sites for hydroxylation is 1. The number of quaternary nitrogens is 1. The van der Waals surface area contributed by atoms with Crippen molar-refractivity contribution in [2.24, 2.45) is 5.92 Å². The van der Waals surface area contributed by atoms with Crippen LogP contribution in [0.15, 0.2) is 54.6 Å². The fourth-order valence-corrected chi connectivity index (χ4v) is 4.85. The Hall–Kier alpha value is -2.33. The summed E-state index contributed by atoms with van der Waals surface area (Å²) in [6, 6.07) is 18.6. The molecule has 4 nitrogen and oxygen atoms in total. The van der Waals surface area contributed by atoms with Crippen LogP contribution in [0.25, 0.3) is 0 Å². The minimum atomic E-state index is -0.615. The van der Waals surface area contributed by atoms with E-state index in [0.717, 1.165) is 42.6 Å². The first kappa shape index (κ1) is 29.9. The summed E-state index contributed by atoms with van der Waals surface area (Å²) in [5.41, 5.74) is 2.47. The molecule has 2 aromatic carbocycles. The number of hydrogen-bond donors (Lipinski definition) is 0. The molecule has 0 aliphatic rings. The third-order valence-electron chi connectivity index (χ3n) is 6.84. The third kappa shape index (κ3) is 11.6. The molecule has 0 aliphatic heterocycles. The highest BCUT2D eigenvalue weighted by atomic mass is 16.7. The molecule has 0 aromatic heterocycles. The fourth-order valence-electron chi connectivity index (χ4n) is 4.85. The molecule has 0 saturated heterocycles. The van der Waals surface area contributed by atoms with E-state index in [1.807, 2.05) is 25.1 Å². The van der Waals surface area contributed by atoms with E-state index in [1.54, 1.807) is 0 Å². The number of nitrogens with zero attached hydrogens (tertiary/aromatic N) is 1. The molecule has 4 heteroatoms. The number of hydrogen-bond acceptors (Lipinski definition) is 3. The van der Waals surface area contributed by atoms with Crippen LogP contribution in [0, 0.1) is 5.92 Å². The van der Waals surface area contributed by atoms with Gasteiger partial charge in [0.2, 0.25) is 6.29 Å². The lowest BCUT2D eigenvalue weighted by Crippen LogP contribution is -2.45. The van der Waals surface area contributed by atoms with Crippen molar-refractivity contribution in [2.45, 2.75) is 97.8 Å². The minimum Gasteiger partial charge on any atom is -0.455 e. The molecule has 2 aromatic rings. The topological polar surface area (TPSA) is 35.5 Å². The molecular weight excluding hydrogens is 446 g/mol. The van der Waals surface area contributed by atoms with Gasteiger partial charge in [-0.15, -0.1) is 0 Å². The summed E-state index contributed by atoms with van der Waals surface area (Å²) in [6.07, 6.45) is 11.6. The molecule has 0 saturated carbocycles. The number of benzene rings is 2. The SMILES string of the molecule is CCCCCCCCCCc1ccccc1OC(C)OC(=O)C(CC)C[N+](C)(C)Cc1ccccc1. The van der Waals surface area contributed by atoms with Gasteiger partial charge in [-0.25, -0.2) is 0 Å². The first-order chi connectivity index (χ1) is 17.3. The average Bonchev–Trinajstić information content (AvgIpc) is 2.85. The van der Waals surface area contributed by atoms with Crippen molar-refractivity contribution in [1.29, 1.82) is 0 Å². The Morgan fingerprint density at radius 3 is 2.11 bits per heavy atom. The van der Waals surface area contributed by atoms with Gasteiger partial charge in [-0.3, -0.25) is 4.79 Å². The van der Waals surface area contributed by atoms with Crippen molar-refractivity contribution in [3.05, 3.63) is 65.7 Å². The van der Waals surface area contributed by atoms with Crippen LogP contribution in [0.1, 0.15) is 89.7 Å². The monoisotopic (exact) mass is 496 g/mol. The lowest BCUT2D eigenvalue weighted by atomic mass is 10.0. The van der Waals surface area contributed by atoms with Crippen molar-refractivity contribution in [3.63, 3.8) is 0 Å². The Morgan fingerprint density at radius 1 is 0.833 bits per heavy atom. The smallest absolute Gasteiger partial charge is 0.317 e. The standard InChI is InChI=1S/C32H50NO3/c1-6-8-9-10-11-12-13-17-22-30-23-18-19-24-31(30)35-27(3)36-32(34)29(7-2)26-33(4,5)25-28-20-15-14-16-21-28/h14-16,18-21,23-24,27,29H,6-13,17,22,25-26H2,1-5H3/q+1. The Bertz CT molecular complexity index is 865. The molecule has 0 amide bonds. The summed E-state index contributed by atoms with van der Waals surface area (Å²) < 4.78 is 12.6. The first-order valence-corrected chi connectivity index (χ1v) is 14.2. The van der Waals surface area contributed by atoms with E-state index in [0.29, 0.717) is 0 Å². The largest absolute Gasteiger partial charge is 0.455 e. The van der Waals surface area contributed by atoms with Gasteiger partial charge in [0.15, 0.2) is 0 Å². The van der Waals surface area contributed by atoms with Gasteiger partial charge in [-0.05, 0) is 30.9 Å². The number of carbonyl (C=O) groups is 1. The van der Waals surface area contributed by atoms with Crippen LogP contribution in [-0.2, 0) is 22.5 Å². The summed E-state index contributed by atoms with van der Waals surface area (Å²) in [6.45, 7) is 7.74. The zero-order valence-corrected chi connectivity index (χ0v) is 23.5. The summed E-state index contributed by atoms with van der Waals surface area (Å²) in [5, 5.41) is 0. The van der Waals surface area contributed by atoms with Crippen LogP contribution in [0.2, 0.25) is 0 Å². The molecule has 0 radical (unpaired) electrons. The van der Waals surface area contributed by atoms with Gasteiger partial charge in [0, 0.05) is 12.5 Å². The van der Waals surface area contributed by atoms with E-state index in [9.17, 15) is 4.79 Å². The Balaban J connectivity index is 1.82. The number of para-hydroxylation sites is 1. The fraction of sp³-hybridized carbons (Fsp3) is 0.594. The molecule has 0 heterocycles. The average molecular weight is 497 g/mol. The highest BCUT2D eigenvalue weighted by Crippen LogP contribution is 2.23. The van der Waals surface area contributed by atoms with Crippen LogP contribution in [0.5, 0.6) is 5.75 Å². The number of unbranched alkanes of at least 4 members (excludes halogenated alkanes) is 7. The lowest BCUT2D eigenvalue weighted by molar-refractivity contribution is -0.906. The van der Waals surface area contributed by atoms with Gasteiger partial charge in [-0.1, -0.05) is 107 Å². The molecule has 2 atom stereocenters. The predicted octanol–water partition coefficient (Wildman–Crippen LogP) is 7.94. The second-order valence-electron chi connectivity index (χ2n) is 10.8. The number of esters is 1. The molecular formula is C32H50NO3+. The molecule has 36 heavy (non-hydrogen) atoms. The maximum atomic E-state index is 13.0. The van der Waals surface area contributed by atoms with Crippen molar-refractivity contribution in [1.82, 2.24) is 0 Å². The molecule has 0 spiro atoms. The van der Waals surface area contributed by atoms with Gasteiger partial charge in [0.25, 0.3) is 0 Å². The van der Waals surface area contributed by atoms with Crippen molar-refractivity contribution in [3.8, 4) is 5.75 Å². The maximum Gasteiger partial charge on any atom is 0.317 e. The van der Waals surface area contributed by atoms with E-state index < -0.39 is 6.29 Å². The highest BCUT2D eigenvalue weighted by molar-refractivity contribution is 5.72. The number of carbonyl (C=O) groups excluding carboxylic acids is 1. The maximum absolute atomic E-state index is 13.0. The van der Waals surface area contributed by atoms with E-state index >= 15 is 0 Å². The van der Waals surface area contributed by atoms with Crippen LogP contribution < -0.4 is 4.74 Å². The zero-order valence-electron chi connectivity index (χ0n) is 23.5. The molecule has 2 rings (SSSR count). The van der Waals surface area contributed by atoms with Crippen LogP contribution >= 0.6 is 0 Å². The molecule has 200 valence electrons. The van der Waals surface area contributed by atoms with E-state index in [2.05, 4.69) is 64.3 Å². The Kier molecular flexibility index (Phi) is 13.6. The Labute approximate surface area is 220 Å². The number of rotatable bonds is 18. The minimum absolute atomic E-state index is 0.165. The normalized spacial score (nSPS) is 13.2. The molecule has 2 unspecified atom stereocenters. The van der Waals surface area contributed by atoms with Crippen molar-refractivity contribution in [2.75, 3.05) is 20.6 Å². The third-order valence-corrected chi connectivity index (χ3v) is 6.84. The summed E-state index contributed by atoms with van der Waals surface area (Å²) in [7, 11) is 4.34. The van der Waals surface area contributed by atoms with Crippen molar-refractivity contribution < 1.29 is 18.8 Å². The lowest BCUT2D eigenvalue weighted by Gasteiger charge is -2.33. The van der Waals surface area contributed by atoms with E-state index in [4.69, 9.17) is 9.47 Å². The Morgan fingerprint density at radius 2 is 1.44 bits per heavy atom.